The van der Waals surface area contributed by atoms with Crippen molar-refractivity contribution in [1.82, 2.24) is 5.32 Å². The molecule has 2 rings (SSSR count). The number of hydrogen-bond acceptors (Lipinski definition) is 3. The maximum Gasteiger partial charge on any atom is 0.244 e. The number of ether oxygens (including phenoxy) is 1. The minimum absolute atomic E-state index is 0.0314. The molecule has 1 fully saturated rings. The van der Waals surface area contributed by atoms with Crippen LogP contribution in [0.4, 0.5) is 0 Å². The second kappa shape index (κ2) is 8.93. The van der Waals surface area contributed by atoms with Crippen molar-refractivity contribution in [3.63, 3.8) is 0 Å². The maximum absolute atomic E-state index is 11.6. The lowest BCUT2D eigenvalue weighted by Gasteiger charge is -2.21. The van der Waals surface area contributed by atoms with Crippen LogP contribution >= 0.6 is 11.3 Å². The summed E-state index contributed by atoms with van der Waals surface area (Å²) >= 11 is 1.63. The molecule has 0 aliphatic heterocycles. The molecule has 0 saturated heterocycles. The molecule has 1 amide bonds. The number of hydrogen-bond donors (Lipinski definition) is 1. The summed E-state index contributed by atoms with van der Waals surface area (Å²) in [7, 11) is 0. The molecule has 1 aromatic rings. The fourth-order valence-corrected chi connectivity index (χ4v) is 2.99. The smallest absolute Gasteiger partial charge is 0.244 e. The Morgan fingerprint density at radius 3 is 3.00 bits per heavy atom. The van der Waals surface area contributed by atoms with Gasteiger partial charge in [0.15, 0.2) is 0 Å². The van der Waals surface area contributed by atoms with Crippen molar-refractivity contribution in [2.75, 3.05) is 13.2 Å². The van der Waals surface area contributed by atoms with Gasteiger partial charge >= 0.3 is 0 Å². The Kier molecular flexibility index (Phi) is 6.81. The lowest BCUT2D eigenvalue weighted by Crippen LogP contribution is -2.24. The van der Waals surface area contributed by atoms with Crippen molar-refractivity contribution in [1.29, 1.82) is 0 Å². The van der Waals surface area contributed by atoms with Gasteiger partial charge in [-0.2, -0.15) is 0 Å². The largest absolute Gasteiger partial charge is 0.378 e. The molecule has 1 heterocycles. The summed E-state index contributed by atoms with van der Waals surface area (Å²) in [6.45, 7) is 1.43. The number of rotatable bonds is 7. The highest BCUT2D eigenvalue weighted by Gasteiger charge is 2.12. The summed E-state index contributed by atoms with van der Waals surface area (Å²) in [5.41, 5.74) is 0. The van der Waals surface area contributed by atoms with E-state index < -0.39 is 0 Å². The van der Waals surface area contributed by atoms with E-state index in [-0.39, 0.29) is 5.91 Å². The van der Waals surface area contributed by atoms with Gasteiger partial charge in [-0.3, -0.25) is 4.79 Å². The predicted octanol–water partition coefficient (Wildman–Crippen LogP) is 3.62. The molecular weight excluding hydrogens is 270 g/mol. The zero-order valence-corrected chi connectivity index (χ0v) is 12.7. The first kappa shape index (κ1) is 15.3. The monoisotopic (exact) mass is 293 g/mol. The van der Waals surface area contributed by atoms with Crippen LogP contribution < -0.4 is 5.32 Å². The van der Waals surface area contributed by atoms with E-state index in [2.05, 4.69) is 5.32 Å². The molecular formula is C16H23NO2S. The lowest BCUT2D eigenvalue weighted by atomic mass is 9.98. The third-order valence-corrected chi connectivity index (χ3v) is 4.31. The quantitative estimate of drug-likeness (QED) is 0.616. The van der Waals surface area contributed by atoms with E-state index in [1.807, 2.05) is 23.6 Å². The Labute approximate surface area is 125 Å². The van der Waals surface area contributed by atoms with Gasteiger partial charge in [0.05, 0.1) is 6.10 Å². The standard InChI is InChI=1S/C16H23NO2S/c18-16(10-9-15-8-4-13-20-15)17-11-5-12-19-14-6-2-1-3-7-14/h4,8-10,13-14H,1-3,5-7,11-12H2,(H,17,18)/b10-9+. The highest BCUT2D eigenvalue weighted by Crippen LogP contribution is 2.20. The van der Waals surface area contributed by atoms with Crippen molar-refractivity contribution >= 4 is 23.3 Å². The number of thiophene rings is 1. The molecule has 1 N–H and O–H groups in total. The van der Waals surface area contributed by atoms with Crippen molar-refractivity contribution in [2.24, 2.45) is 0 Å². The van der Waals surface area contributed by atoms with Gasteiger partial charge in [0.1, 0.15) is 0 Å². The van der Waals surface area contributed by atoms with E-state index in [0.717, 1.165) is 17.9 Å². The topological polar surface area (TPSA) is 38.3 Å². The maximum atomic E-state index is 11.6. The van der Waals surface area contributed by atoms with Gasteiger partial charge < -0.3 is 10.1 Å². The fourth-order valence-electron chi connectivity index (χ4n) is 2.37. The van der Waals surface area contributed by atoms with Crippen molar-refractivity contribution < 1.29 is 9.53 Å². The van der Waals surface area contributed by atoms with Crippen LogP contribution in [0.25, 0.3) is 6.08 Å². The molecule has 0 atom stereocenters. The van der Waals surface area contributed by atoms with E-state index in [4.69, 9.17) is 4.74 Å². The molecule has 1 aliphatic rings. The van der Waals surface area contributed by atoms with Crippen molar-refractivity contribution in [3.8, 4) is 0 Å². The summed E-state index contributed by atoms with van der Waals surface area (Å²) in [5, 5.41) is 4.88. The highest BCUT2D eigenvalue weighted by molar-refractivity contribution is 7.10. The van der Waals surface area contributed by atoms with E-state index in [1.54, 1.807) is 17.4 Å². The summed E-state index contributed by atoms with van der Waals surface area (Å²) in [4.78, 5) is 12.7. The first-order valence-corrected chi connectivity index (χ1v) is 8.33. The average molecular weight is 293 g/mol. The van der Waals surface area contributed by atoms with Crippen LogP contribution in [0.15, 0.2) is 23.6 Å². The van der Waals surface area contributed by atoms with Gasteiger partial charge in [-0.15, -0.1) is 11.3 Å². The molecule has 0 unspecified atom stereocenters. The summed E-state index contributed by atoms with van der Waals surface area (Å²) < 4.78 is 5.82. The molecule has 0 spiro atoms. The van der Waals surface area contributed by atoms with E-state index in [0.29, 0.717) is 12.6 Å². The van der Waals surface area contributed by atoms with Gasteiger partial charge in [0.2, 0.25) is 5.91 Å². The predicted molar refractivity (Wildman–Crippen MR) is 83.8 cm³/mol. The zero-order valence-electron chi connectivity index (χ0n) is 11.8. The van der Waals surface area contributed by atoms with Crippen LogP contribution in [0.3, 0.4) is 0 Å². The third kappa shape index (κ3) is 5.88. The number of carbonyl (C=O) groups is 1. The van der Waals surface area contributed by atoms with Gasteiger partial charge in [0.25, 0.3) is 0 Å². The Balaban J connectivity index is 1.51. The first-order valence-electron chi connectivity index (χ1n) is 7.45. The third-order valence-electron chi connectivity index (χ3n) is 3.47. The van der Waals surface area contributed by atoms with E-state index >= 15 is 0 Å². The fraction of sp³-hybridized carbons (Fsp3) is 0.562. The molecule has 0 aromatic carbocycles. The van der Waals surface area contributed by atoms with Crippen molar-refractivity contribution in [3.05, 3.63) is 28.5 Å². The van der Waals surface area contributed by atoms with Crippen molar-refractivity contribution in [2.45, 2.75) is 44.6 Å². The highest BCUT2D eigenvalue weighted by atomic mass is 32.1. The van der Waals surface area contributed by atoms with Gasteiger partial charge in [-0.25, -0.2) is 0 Å². The van der Waals surface area contributed by atoms with E-state index in [1.165, 1.54) is 32.1 Å². The molecule has 1 aromatic heterocycles. The first-order chi connectivity index (χ1) is 9.84. The molecule has 0 radical (unpaired) electrons. The molecule has 0 bridgehead atoms. The van der Waals surface area contributed by atoms with Crippen LogP contribution in [-0.4, -0.2) is 25.2 Å². The van der Waals surface area contributed by atoms with Crippen LogP contribution in [0.2, 0.25) is 0 Å². The van der Waals surface area contributed by atoms with Gasteiger partial charge in [-0.1, -0.05) is 25.3 Å². The molecule has 1 saturated carbocycles. The SMILES string of the molecule is O=C(/C=C/c1cccs1)NCCCOC1CCCCC1. The second-order valence-electron chi connectivity index (χ2n) is 5.12. The minimum atomic E-state index is -0.0314. The van der Waals surface area contributed by atoms with Crippen LogP contribution in [0.5, 0.6) is 0 Å². The summed E-state index contributed by atoms with van der Waals surface area (Å²) in [5.74, 6) is -0.0314. The van der Waals surface area contributed by atoms with E-state index in [9.17, 15) is 4.79 Å². The molecule has 3 nitrogen and oxygen atoms in total. The van der Waals surface area contributed by atoms with Crippen LogP contribution in [0.1, 0.15) is 43.4 Å². The average Bonchev–Trinajstić information content (AvgIpc) is 2.99. The van der Waals surface area contributed by atoms with Crippen LogP contribution in [-0.2, 0) is 9.53 Å². The number of nitrogens with one attached hydrogen (secondary N) is 1. The van der Waals surface area contributed by atoms with Gasteiger partial charge in [0, 0.05) is 24.1 Å². The Morgan fingerprint density at radius 2 is 2.25 bits per heavy atom. The number of carbonyl (C=O) groups excluding carboxylic acids is 1. The number of amides is 1. The minimum Gasteiger partial charge on any atom is -0.378 e. The lowest BCUT2D eigenvalue weighted by molar-refractivity contribution is -0.116. The summed E-state index contributed by atoms with van der Waals surface area (Å²) in [6, 6.07) is 3.97. The zero-order chi connectivity index (χ0) is 14.0. The summed E-state index contributed by atoms with van der Waals surface area (Å²) in [6.07, 6.45) is 11.1. The molecule has 20 heavy (non-hydrogen) atoms. The molecule has 110 valence electrons. The molecule has 1 aliphatic carbocycles. The second-order valence-corrected chi connectivity index (χ2v) is 6.10. The Hall–Kier alpha value is -1.13. The van der Waals surface area contributed by atoms with Crippen LogP contribution in [0, 0.1) is 0 Å². The molecule has 4 heteroatoms. The van der Waals surface area contributed by atoms with Gasteiger partial charge in [-0.05, 0) is 36.8 Å². The normalized spacial score (nSPS) is 16.6. The Bertz CT molecular complexity index is 408. The Morgan fingerprint density at radius 1 is 1.40 bits per heavy atom.